The molecular weight excluding hydrogens is 222 g/mol. The van der Waals surface area contributed by atoms with Crippen LogP contribution in [-0.4, -0.2) is 31.1 Å². The van der Waals surface area contributed by atoms with Gasteiger partial charge in [-0.1, -0.05) is 55.8 Å². The van der Waals surface area contributed by atoms with Crippen LogP contribution >= 0.6 is 0 Å². The van der Waals surface area contributed by atoms with Crippen LogP contribution in [0, 0.1) is 0 Å². The molecule has 0 saturated heterocycles. The highest BCUT2D eigenvalue weighted by atomic mass is 16.5. The van der Waals surface area contributed by atoms with Gasteiger partial charge in [0.15, 0.2) is 0 Å². The number of hydrogen-bond donors (Lipinski definition) is 0. The highest BCUT2D eigenvalue weighted by molar-refractivity contribution is 5.13. The maximum absolute atomic E-state index is 5.69. The van der Waals surface area contributed by atoms with E-state index in [-0.39, 0.29) is 0 Å². The SMILES string of the molecule is CCN(CC)C/C=C(\C)COCc1ccccc1. The summed E-state index contributed by atoms with van der Waals surface area (Å²) in [6.07, 6.45) is 2.26. The Hall–Kier alpha value is -1.12. The first-order valence-electron chi connectivity index (χ1n) is 6.75. The molecule has 0 aliphatic heterocycles. The Balaban J connectivity index is 2.24. The van der Waals surface area contributed by atoms with E-state index < -0.39 is 0 Å². The molecule has 0 radical (unpaired) electrons. The summed E-state index contributed by atoms with van der Waals surface area (Å²) in [6.45, 7) is 11.2. The van der Waals surface area contributed by atoms with Crippen LogP contribution in [-0.2, 0) is 11.3 Å². The zero-order valence-electron chi connectivity index (χ0n) is 11.9. The molecule has 0 N–H and O–H groups in total. The van der Waals surface area contributed by atoms with Crippen molar-refractivity contribution in [3.63, 3.8) is 0 Å². The molecule has 1 aromatic rings. The molecule has 2 heteroatoms. The van der Waals surface area contributed by atoms with E-state index in [1.807, 2.05) is 18.2 Å². The van der Waals surface area contributed by atoms with Crippen LogP contribution in [0.15, 0.2) is 42.0 Å². The van der Waals surface area contributed by atoms with E-state index in [1.165, 1.54) is 11.1 Å². The van der Waals surface area contributed by atoms with Gasteiger partial charge in [0.2, 0.25) is 0 Å². The van der Waals surface area contributed by atoms with Gasteiger partial charge >= 0.3 is 0 Å². The number of ether oxygens (including phenoxy) is 1. The molecule has 0 heterocycles. The Labute approximate surface area is 111 Å². The summed E-state index contributed by atoms with van der Waals surface area (Å²) >= 11 is 0. The van der Waals surface area contributed by atoms with E-state index in [0.29, 0.717) is 6.61 Å². The normalized spacial score (nSPS) is 12.1. The van der Waals surface area contributed by atoms with E-state index in [9.17, 15) is 0 Å². The Morgan fingerprint density at radius 3 is 2.44 bits per heavy atom. The molecular formula is C16H25NO. The van der Waals surface area contributed by atoms with Crippen molar-refractivity contribution in [2.75, 3.05) is 26.2 Å². The predicted octanol–water partition coefficient (Wildman–Crippen LogP) is 3.49. The standard InChI is InChI=1S/C16H25NO/c1-4-17(5-2)12-11-15(3)13-18-14-16-9-7-6-8-10-16/h6-11H,4-5,12-14H2,1-3H3/b15-11+. The molecule has 2 nitrogen and oxygen atoms in total. The van der Waals surface area contributed by atoms with Crippen molar-refractivity contribution in [1.82, 2.24) is 4.90 Å². The Morgan fingerprint density at radius 1 is 1.17 bits per heavy atom. The minimum absolute atomic E-state index is 0.692. The van der Waals surface area contributed by atoms with Gasteiger partial charge in [-0.25, -0.2) is 0 Å². The summed E-state index contributed by atoms with van der Waals surface area (Å²) in [5.41, 5.74) is 2.53. The van der Waals surface area contributed by atoms with Gasteiger partial charge in [0.25, 0.3) is 0 Å². The van der Waals surface area contributed by atoms with Crippen LogP contribution < -0.4 is 0 Å². The Bertz CT molecular complexity index is 341. The second kappa shape index (κ2) is 8.90. The highest BCUT2D eigenvalue weighted by Gasteiger charge is 1.97. The minimum atomic E-state index is 0.692. The van der Waals surface area contributed by atoms with Gasteiger partial charge in [-0.15, -0.1) is 0 Å². The molecule has 0 aliphatic rings. The fourth-order valence-corrected chi connectivity index (χ4v) is 1.73. The van der Waals surface area contributed by atoms with Crippen LogP contribution in [0.2, 0.25) is 0 Å². The quantitative estimate of drug-likeness (QED) is 0.652. The maximum Gasteiger partial charge on any atom is 0.0721 e. The van der Waals surface area contributed by atoms with Crippen LogP contribution in [0.25, 0.3) is 0 Å². The molecule has 0 atom stereocenters. The minimum Gasteiger partial charge on any atom is -0.372 e. The van der Waals surface area contributed by atoms with Crippen molar-refractivity contribution >= 4 is 0 Å². The smallest absolute Gasteiger partial charge is 0.0721 e. The number of likely N-dealkylation sites (N-methyl/N-ethyl adjacent to an activating group) is 1. The van der Waals surface area contributed by atoms with Gasteiger partial charge < -0.3 is 9.64 Å². The first-order chi connectivity index (χ1) is 8.76. The van der Waals surface area contributed by atoms with E-state index in [1.54, 1.807) is 0 Å². The zero-order chi connectivity index (χ0) is 13.2. The fourth-order valence-electron chi connectivity index (χ4n) is 1.73. The van der Waals surface area contributed by atoms with Crippen LogP contribution in [0.1, 0.15) is 26.3 Å². The lowest BCUT2D eigenvalue weighted by Crippen LogP contribution is -2.23. The predicted molar refractivity (Wildman–Crippen MR) is 77.6 cm³/mol. The molecule has 0 spiro atoms. The van der Waals surface area contributed by atoms with E-state index >= 15 is 0 Å². The van der Waals surface area contributed by atoms with Gasteiger partial charge in [0, 0.05) is 6.54 Å². The third-order valence-electron chi connectivity index (χ3n) is 3.03. The molecule has 100 valence electrons. The Morgan fingerprint density at radius 2 is 1.83 bits per heavy atom. The monoisotopic (exact) mass is 247 g/mol. The molecule has 1 rings (SSSR count). The summed E-state index contributed by atoms with van der Waals surface area (Å²) in [6, 6.07) is 10.3. The van der Waals surface area contributed by atoms with E-state index in [4.69, 9.17) is 4.74 Å². The van der Waals surface area contributed by atoms with Crippen molar-refractivity contribution in [1.29, 1.82) is 0 Å². The fraction of sp³-hybridized carbons (Fsp3) is 0.500. The van der Waals surface area contributed by atoms with Crippen molar-refractivity contribution in [3.8, 4) is 0 Å². The van der Waals surface area contributed by atoms with Crippen LogP contribution in [0.3, 0.4) is 0 Å². The third kappa shape index (κ3) is 5.99. The molecule has 1 aromatic carbocycles. The van der Waals surface area contributed by atoms with Crippen molar-refractivity contribution in [2.45, 2.75) is 27.4 Å². The average Bonchev–Trinajstić information content (AvgIpc) is 2.41. The van der Waals surface area contributed by atoms with Gasteiger partial charge in [0.05, 0.1) is 13.2 Å². The lowest BCUT2D eigenvalue weighted by Gasteiger charge is -2.15. The maximum atomic E-state index is 5.69. The van der Waals surface area contributed by atoms with Gasteiger partial charge in [-0.2, -0.15) is 0 Å². The molecule has 0 unspecified atom stereocenters. The molecule has 0 fully saturated rings. The first-order valence-corrected chi connectivity index (χ1v) is 6.75. The van der Waals surface area contributed by atoms with Crippen molar-refractivity contribution in [3.05, 3.63) is 47.5 Å². The van der Waals surface area contributed by atoms with Gasteiger partial charge in [-0.05, 0) is 25.6 Å². The average molecular weight is 247 g/mol. The lowest BCUT2D eigenvalue weighted by atomic mass is 10.2. The number of nitrogens with zero attached hydrogens (tertiary/aromatic N) is 1. The summed E-state index contributed by atoms with van der Waals surface area (Å²) in [5.74, 6) is 0. The number of hydrogen-bond acceptors (Lipinski definition) is 2. The van der Waals surface area contributed by atoms with Crippen LogP contribution in [0.5, 0.6) is 0 Å². The lowest BCUT2D eigenvalue weighted by molar-refractivity contribution is 0.142. The molecule has 0 aliphatic carbocycles. The van der Waals surface area contributed by atoms with Crippen LogP contribution in [0.4, 0.5) is 0 Å². The van der Waals surface area contributed by atoms with E-state index in [0.717, 1.165) is 26.2 Å². The topological polar surface area (TPSA) is 12.5 Å². The van der Waals surface area contributed by atoms with Crippen molar-refractivity contribution < 1.29 is 4.74 Å². The van der Waals surface area contributed by atoms with Crippen molar-refractivity contribution in [2.24, 2.45) is 0 Å². The summed E-state index contributed by atoms with van der Waals surface area (Å²) in [7, 11) is 0. The van der Waals surface area contributed by atoms with Gasteiger partial charge in [-0.3, -0.25) is 0 Å². The largest absolute Gasteiger partial charge is 0.372 e. The van der Waals surface area contributed by atoms with E-state index in [2.05, 4.69) is 43.9 Å². The van der Waals surface area contributed by atoms with Gasteiger partial charge in [0.1, 0.15) is 0 Å². The first kappa shape index (κ1) is 14.9. The molecule has 0 bridgehead atoms. The second-order valence-electron chi connectivity index (χ2n) is 4.51. The number of benzene rings is 1. The molecule has 0 amide bonds. The molecule has 18 heavy (non-hydrogen) atoms. The Kier molecular flexibility index (Phi) is 7.38. The summed E-state index contributed by atoms with van der Waals surface area (Å²) in [5, 5.41) is 0. The molecule has 0 aromatic heterocycles. The number of rotatable bonds is 8. The zero-order valence-corrected chi connectivity index (χ0v) is 11.9. The second-order valence-corrected chi connectivity index (χ2v) is 4.51. The summed E-state index contributed by atoms with van der Waals surface area (Å²) in [4.78, 5) is 2.39. The molecule has 0 saturated carbocycles. The summed E-state index contributed by atoms with van der Waals surface area (Å²) < 4.78 is 5.69. The third-order valence-corrected chi connectivity index (χ3v) is 3.03. The highest BCUT2D eigenvalue weighted by Crippen LogP contribution is 2.03.